The van der Waals surface area contributed by atoms with Crippen molar-refractivity contribution >= 4 is 0 Å². The lowest BCUT2D eigenvalue weighted by Gasteiger charge is -2.52. The Morgan fingerprint density at radius 2 is 2.17 bits per heavy atom. The highest BCUT2D eigenvalue weighted by Gasteiger charge is 2.49. The number of hydrogen-bond acceptors (Lipinski definition) is 4. The molecule has 124 valence electrons. The van der Waals surface area contributed by atoms with Gasteiger partial charge in [0.1, 0.15) is 5.75 Å². The molecule has 4 nitrogen and oxygen atoms in total. The normalized spacial score (nSPS) is 31.2. The number of fused-ring (bicyclic) bond motifs is 1. The Labute approximate surface area is 138 Å². The lowest BCUT2D eigenvalue weighted by molar-refractivity contribution is -0.122. The standard InChI is InChI=1S/C19H26N2O2/c1-2-23-17-9-4-3-7-15(17)18-16-8-5-6-10-19(16,22)11-13-21(18)14-12-20/h3-4,7,9,16,18,22H,2,5-6,8,10-11,13-14H2,1H3/t16-,18+,19+/m1/s1. The summed E-state index contributed by atoms with van der Waals surface area (Å²) in [6.07, 6.45) is 4.92. The lowest BCUT2D eigenvalue weighted by Crippen LogP contribution is -2.54. The van der Waals surface area contributed by atoms with Gasteiger partial charge in [0.25, 0.3) is 0 Å². The van der Waals surface area contributed by atoms with E-state index in [9.17, 15) is 10.4 Å². The monoisotopic (exact) mass is 314 g/mol. The number of ether oxygens (including phenoxy) is 1. The topological polar surface area (TPSA) is 56.5 Å². The summed E-state index contributed by atoms with van der Waals surface area (Å²) in [6.45, 7) is 3.78. The summed E-state index contributed by atoms with van der Waals surface area (Å²) in [4.78, 5) is 2.22. The van der Waals surface area contributed by atoms with Crippen LogP contribution in [0.15, 0.2) is 24.3 Å². The van der Waals surface area contributed by atoms with Crippen LogP contribution in [-0.4, -0.2) is 35.3 Å². The van der Waals surface area contributed by atoms with Crippen molar-refractivity contribution in [2.24, 2.45) is 5.92 Å². The van der Waals surface area contributed by atoms with E-state index in [0.717, 1.165) is 50.0 Å². The molecule has 1 aliphatic heterocycles. The number of aliphatic hydroxyl groups is 1. The summed E-state index contributed by atoms with van der Waals surface area (Å²) in [5.41, 5.74) is 0.531. The van der Waals surface area contributed by atoms with Gasteiger partial charge in [-0.15, -0.1) is 0 Å². The Balaban J connectivity index is 2.01. The third-order valence-corrected chi connectivity index (χ3v) is 5.48. The minimum absolute atomic E-state index is 0.0662. The molecule has 4 heteroatoms. The van der Waals surface area contributed by atoms with Crippen LogP contribution in [0.5, 0.6) is 5.75 Å². The lowest BCUT2D eigenvalue weighted by atomic mass is 9.66. The fourth-order valence-corrected chi connectivity index (χ4v) is 4.44. The minimum Gasteiger partial charge on any atom is -0.494 e. The number of hydrogen-bond donors (Lipinski definition) is 1. The molecule has 1 heterocycles. The zero-order valence-corrected chi connectivity index (χ0v) is 13.9. The number of rotatable bonds is 4. The van der Waals surface area contributed by atoms with E-state index in [1.807, 2.05) is 25.1 Å². The van der Waals surface area contributed by atoms with Crippen LogP contribution >= 0.6 is 0 Å². The number of piperidine rings is 1. The predicted octanol–water partition coefficient (Wildman–Crippen LogP) is 3.28. The smallest absolute Gasteiger partial charge is 0.124 e. The van der Waals surface area contributed by atoms with Crippen LogP contribution in [0.3, 0.4) is 0 Å². The molecule has 0 spiro atoms. The number of nitrogens with zero attached hydrogens (tertiary/aromatic N) is 2. The molecule has 1 aliphatic carbocycles. The van der Waals surface area contributed by atoms with Gasteiger partial charge in [-0.3, -0.25) is 4.90 Å². The van der Waals surface area contributed by atoms with E-state index in [-0.39, 0.29) is 12.0 Å². The number of para-hydroxylation sites is 1. The quantitative estimate of drug-likeness (QED) is 0.867. The summed E-state index contributed by atoms with van der Waals surface area (Å²) < 4.78 is 5.84. The van der Waals surface area contributed by atoms with E-state index in [0.29, 0.717) is 13.2 Å². The fourth-order valence-electron chi connectivity index (χ4n) is 4.44. The van der Waals surface area contributed by atoms with Crippen molar-refractivity contribution in [2.75, 3.05) is 19.7 Å². The second-order valence-corrected chi connectivity index (χ2v) is 6.75. The molecule has 1 saturated heterocycles. The second kappa shape index (κ2) is 6.90. The van der Waals surface area contributed by atoms with Gasteiger partial charge in [0.05, 0.1) is 24.8 Å². The Hall–Kier alpha value is -1.57. The van der Waals surface area contributed by atoms with Gasteiger partial charge in [-0.25, -0.2) is 0 Å². The predicted molar refractivity (Wildman–Crippen MR) is 89.1 cm³/mol. The summed E-state index contributed by atoms with van der Waals surface area (Å²) in [5, 5.41) is 20.4. The molecule has 0 bridgehead atoms. The second-order valence-electron chi connectivity index (χ2n) is 6.75. The van der Waals surface area contributed by atoms with Crippen molar-refractivity contribution in [1.82, 2.24) is 4.90 Å². The molecule has 1 saturated carbocycles. The van der Waals surface area contributed by atoms with Crippen LogP contribution in [-0.2, 0) is 0 Å². The van der Waals surface area contributed by atoms with Crippen LogP contribution in [0.25, 0.3) is 0 Å². The van der Waals surface area contributed by atoms with Gasteiger partial charge in [0, 0.05) is 24.1 Å². The fraction of sp³-hybridized carbons (Fsp3) is 0.632. The minimum atomic E-state index is -0.589. The Bertz CT molecular complexity index is 583. The molecule has 23 heavy (non-hydrogen) atoms. The van der Waals surface area contributed by atoms with Gasteiger partial charge in [-0.2, -0.15) is 5.26 Å². The van der Waals surface area contributed by atoms with Crippen molar-refractivity contribution < 1.29 is 9.84 Å². The molecule has 0 radical (unpaired) electrons. The molecule has 1 N–H and O–H groups in total. The highest BCUT2D eigenvalue weighted by atomic mass is 16.5. The third kappa shape index (κ3) is 3.08. The molecular formula is C19H26N2O2. The number of nitriles is 1. The zero-order chi connectivity index (χ0) is 16.3. The summed E-state index contributed by atoms with van der Waals surface area (Å²) >= 11 is 0. The molecule has 0 unspecified atom stereocenters. The molecule has 2 fully saturated rings. The van der Waals surface area contributed by atoms with Gasteiger partial charge in [0.15, 0.2) is 0 Å². The maximum Gasteiger partial charge on any atom is 0.124 e. The number of likely N-dealkylation sites (tertiary alicyclic amines) is 1. The van der Waals surface area contributed by atoms with E-state index < -0.39 is 5.60 Å². The summed E-state index contributed by atoms with van der Waals surface area (Å²) in [5.74, 6) is 1.07. The van der Waals surface area contributed by atoms with E-state index in [1.54, 1.807) is 0 Å². The average molecular weight is 314 g/mol. The molecule has 1 aromatic carbocycles. The van der Waals surface area contributed by atoms with Crippen LogP contribution in [0.2, 0.25) is 0 Å². The van der Waals surface area contributed by atoms with Crippen LogP contribution in [0.4, 0.5) is 0 Å². The average Bonchev–Trinajstić information content (AvgIpc) is 2.56. The molecular weight excluding hydrogens is 288 g/mol. The van der Waals surface area contributed by atoms with E-state index in [1.165, 1.54) is 0 Å². The first kappa shape index (κ1) is 16.3. The van der Waals surface area contributed by atoms with Crippen molar-refractivity contribution in [3.05, 3.63) is 29.8 Å². The van der Waals surface area contributed by atoms with E-state index >= 15 is 0 Å². The molecule has 0 amide bonds. The van der Waals surface area contributed by atoms with Gasteiger partial charge < -0.3 is 9.84 Å². The first-order chi connectivity index (χ1) is 11.2. The highest BCUT2D eigenvalue weighted by molar-refractivity contribution is 5.37. The van der Waals surface area contributed by atoms with Crippen LogP contribution in [0.1, 0.15) is 50.6 Å². The Morgan fingerprint density at radius 1 is 1.35 bits per heavy atom. The van der Waals surface area contributed by atoms with E-state index in [4.69, 9.17) is 4.74 Å². The third-order valence-electron chi connectivity index (χ3n) is 5.48. The van der Waals surface area contributed by atoms with Crippen molar-refractivity contribution in [3.8, 4) is 11.8 Å². The molecule has 3 rings (SSSR count). The summed E-state index contributed by atoms with van der Waals surface area (Å²) in [6, 6.07) is 10.5. The Morgan fingerprint density at radius 3 is 2.96 bits per heavy atom. The molecule has 3 atom stereocenters. The largest absolute Gasteiger partial charge is 0.494 e. The van der Waals surface area contributed by atoms with Crippen molar-refractivity contribution in [3.63, 3.8) is 0 Å². The van der Waals surface area contributed by atoms with Crippen molar-refractivity contribution in [1.29, 1.82) is 5.26 Å². The first-order valence-electron chi connectivity index (χ1n) is 8.74. The molecule has 2 aliphatic rings. The van der Waals surface area contributed by atoms with Crippen LogP contribution < -0.4 is 4.74 Å². The molecule has 1 aromatic rings. The maximum absolute atomic E-state index is 11.2. The van der Waals surface area contributed by atoms with Crippen molar-refractivity contribution in [2.45, 2.75) is 50.7 Å². The zero-order valence-electron chi connectivity index (χ0n) is 13.9. The first-order valence-corrected chi connectivity index (χ1v) is 8.74. The number of benzene rings is 1. The summed E-state index contributed by atoms with van der Waals surface area (Å²) in [7, 11) is 0. The highest BCUT2D eigenvalue weighted by Crippen LogP contribution is 2.50. The van der Waals surface area contributed by atoms with Gasteiger partial charge in [-0.05, 0) is 32.3 Å². The maximum atomic E-state index is 11.2. The van der Waals surface area contributed by atoms with Gasteiger partial charge in [-0.1, -0.05) is 31.0 Å². The van der Waals surface area contributed by atoms with E-state index in [2.05, 4.69) is 17.0 Å². The SMILES string of the molecule is CCOc1ccccc1[C@H]1[C@H]2CCCC[C@]2(O)CCN1CC#N. The molecule has 0 aromatic heterocycles. The van der Waals surface area contributed by atoms with Crippen LogP contribution in [0, 0.1) is 17.2 Å². The van der Waals surface area contributed by atoms with Gasteiger partial charge in [0.2, 0.25) is 0 Å². The van der Waals surface area contributed by atoms with Gasteiger partial charge >= 0.3 is 0 Å². The Kier molecular flexibility index (Phi) is 4.89.